The van der Waals surface area contributed by atoms with Crippen LogP contribution in [0.15, 0.2) is 35.6 Å². The lowest BCUT2D eigenvalue weighted by atomic mass is 10.1. The summed E-state index contributed by atoms with van der Waals surface area (Å²) in [4.78, 5) is 23.2. The number of hydrogen-bond acceptors (Lipinski definition) is 3. The van der Waals surface area contributed by atoms with Crippen molar-refractivity contribution in [3.05, 3.63) is 61.4 Å². The Morgan fingerprint density at radius 3 is 2.52 bits per heavy atom. The molecule has 2 aromatic carbocycles. The van der Waals surface area contributed by atoms with E-state index in [0.717, 1.165) is 27.3 Å². The van der Waals surface area contributed by atoms with Gasteiger partial charge in [-0.05, 0) is 41.0 Å². The van der Waals surface area contributed by atoms with Crippen molar-refractivity contribution >= 4 is 52.4 Å². The second-order valence-corrected chi connectivity index (χ2v) is 7.02. The normalized spacial score (nSPS) is 14.6. The topological polar surface area (TPSA) is 61.8 Å². The van der Waals surface area contributed by atoms with Crippen molar-refractivity contribution in [2.75, 3.05) is 12.4 Å². The minimum absolute atomic E-state index is 0.00479. The molecule has 130 valence electrons. The van der Waals surface area contributed by atoms with Crippen LogP contribution in [0.4, 0.5) is 4.79 Å². The van der Waals surface area contributed by atoms with Crippen molar-refractivity contribution in [1.29, 1.82) is 0 Å². The van der Waals surface area contributed by atoms with E-state index in [1.54, 1.807) is 24.3 Å². The van der Waals surface area contributed by atoms with Crippen LogP contribution in [-0.4, -0.2) is 23.5 Å². The van der Waals surface area contributed by atoms with Crippen LogP contribution >= 0.6 is 46.4 Å². The summed E-state index contributed by atoms with van der Waals surface area (Å²) in [6.45, 7) is -0.00479. The van der Waals surface area contributed by atoms with Crippen LogP contribution in [0.5, 0.6) is 0 Å². The van der Waals surface area contributed by atoms with Crippen LogP contribution in [0.2, 0.25) is 15.1 Å². The van der Waals surface area contributed by atoms with E-state index in [1.165, 1.54) is 0 Å². The number of alkyl halides is 1. The predicted octanol–water partition coefficient (Wildman–Crippen LogP) is 5.65. The zero-order valence-corrected chi connectivity index (χ0v) is 15.6. The molecule has 1 atom stereocenters. The molecule has 0 saturated heterocycles. The monoisotopic (exact) mass is 417 g/mol. The largest absolute Gasteiger partial charge is 0.341 e. The van der Waals surface area contributed by atoms with Crippen LogP contribution in [0.3, 0.4) is 0 Å². The Bertz CT molecular complexity index is 860. The number of halogens is 4. The first-order valence-corrected chi connectivity index (χ1v) is 8.89. The van der Waals surface area contributed by atoms with Crippen molar-refractivity contribution in [2.45, 2.75) is 6.04 Å². The molecule has 0 unspecified atom stereocenters. The molecule has 0 heterocycles. The molecule has 1 N–H and O–H groups in total. The van der Waals surface area contributed by atoms with E-state index in [1.807, 2.05) is 6.07 Å². The highest BCUT2D eigenvalue weighted by Gasteiger charge is 2.33. The van der Waals surface area contributed by atoms with Crippen LogP contribution in [0.1, 0.15) is 17.2 Å². The van der Waals surface area contributed by atoms with E-state index in [-0.39, 0.29) is 12.4 Å². The second-order valence-electron chi connectivity index (χ2n) is 5.36. The Kier molecular flexibility index (Phi) is 5.39. The Hall–Kier alpha value is -1.53. The Labute approximate surface area is 163 Å². The summed E-state index contributed by atoms with van der Waals surface area (Å²) in [5.41, 5.74) is 3.09. The van der Waals surface area contributed by atoms with Crippen LogP contribution in [-0.2, 0) is 0 Å². The number of amides is 2. The third-order valence-corrected chi connectivity index (χ3v) is 4.81. The molecule has 5 nitrogen and oxygen atoms in total. The van der Waals surface area contributed by atoms with E-state index < -0.39 is 12.1 Å². The number of benzene rings is 2. The van der Waals surface area contributed by atoms with Gasteiger partial charge in [0.25, 0.3) is 0 Å². The molecule has 0 saturated carbocycles. The molecule has 3 rings (SSSR count). The summed E-state index contributed by atoms with van der Waals surface area (Å²) < 4.78 is 0. The fourth-order valence-corrected chi connectivity index (χ4v) is 3.84. The predicted molar refractivity (Wildman–Crippen MR) is 101 cm³/mol. The number of rotatable bonds is 4. The zero-order chi connectivity index (χ0) is 18.1. The number of urea groups is 1. The average Bonchev–Trinajstić information content (AvgIpc) is 2.86. The summed E-state index contributed by atoms with van der Waals surface area (Å²) in [6, 6.07) is 7.44. The van der Waals surface area contributed by atoms with Crippen LogP contribution in [0.25, 0.3) is 11.1 Å². The lowest BCUT2D eigenvalue weighted by Crippen LogP contribution is -2.39. The van der Waals surface area contributed by atoms with Crippen molar-refractivity contribution in [3.63, 3.8) is 0 Å². The maximum Gasteiger partial charge on any atom is 0.341 e. The lowest BCUT2D eigenvalue weighted by molar-refractivity contribution is 0.200. The maximum atomic E-state index is 12.4. The van der Waals surface area contributed by atoms with Gasteiger partial charge in [0.05, 0.1) is 22.9 Å². The minimum Gasteiger partial charge on any atom is -0.325 e. The van der Waals surface area contributed by atoms with E-state index in [4.69, 9.17) is 46.4 Å². The smallest absolute Gasteiger partial charge is 0.325 e. The molecule has 25 heavy (non-hydrogen) atoms. The third kappa shape index (κ3) is 3.42. The molecule has 9 heteroatoms. The Morgan fingerprint density at radius 2 is 1.84 bits per heavy atom. The molecular formula is C16H11Cl4N3O2. The molecular weight excluding hydrogens is 408 g/mol. The molecule has 1 aliphatic rings. The standard InChI is InChI=1S/C16H11Cl4N3O2/c17-3-4-23(22-25)16(24)21-15-11-5-8(18)1-2-10(11)14-12(15)6-9(19)7-13(14)20/h1-2,5-7,15H,3-4H2,(H,21,24)/t15-/m0/s1. The van der Waals surface area contributed by atoms with Gasteiger partial charge in [-0.25, -0.2) is 4.79 Å². The van der Waals surface area contributed by atoms with Crippen molar-refractivity contribution in [2.24, 2.45) is 5.29 Å². The van der Waals surface area contributed by atoms with Gasteiger partial charge in [0.1, 0.15) is 0 Å². The zero-order valence-electron chi connectivity index (χ0n) is 12.6. The van der Waals surface area contributed by atoms with Gasteiger partial charge in [-0.3, -0.25) is 0 Å². The number of nitrogens with one attached hydrogen (secondary N) is 1. The number of carbonyl (C=O) groups is 1. The maximum absolute atomic E-state index is 12.4. The van der Waals surface area contributed by atoms with Gasteiger partial charge in [-0.1, -0.05) is 40.9 Å². The quantitative estimate of drug-likeness (QED) is 0.396. The summed E-state index contributed by atoms with van der Waals surface area (Å²) in [5, 5.41) is 7.60. The van der Waals surface area contributed by atoms with Crippen molar-refractivity contribution in [3.8, 4) is 11.1 Å². The number of nitrogens with zero attached hydrogens (tertiary/aromatic N) is 2. The average molecular weight is 419 g/mol. The molecule has 2 aromatic rings. The summed E-state index contributed by atoms with van der Waals surface area (Å²) in [7, 11) is 0. The number of carbonyl (C=O) groups excluding carboxylic acids is 1. The first-order valence-electron chi connectivity index (χ1n) is 7.22. The highest BCUT2D eigenvalue weighted by atomic mass is 35.5. The summed E-state index contributed by atoms with van der Waals surface area (Å²) in [5.74, 6) is 0.0838. The third-order valence-electron chi connectivity index (χ3n) is 3.89. The number of nitroso groups, excluding NO2 is 1. The van der Waals surface area contributed by atoms with Gasteiger partial charge >= 0.3 is 6.03 Å². The lowest BCUT2D eigenvalue weighted by Gasteiger charge is -2.19. The van der Waals surface area contributed by atoms with Crippen molar-refractivity contribution in [1.82, 2.24) is 10.3 Å². The molecule has 0 fully saturated rings. The number of fused-ring (bicyclic) bond motifs is 3. The Balaban J connectivity index is 2.07. The molecule has 2 amide bonds. The van der Waals surface area contributed by atoms with Gasteiger partial charge in [0.15, 0.2) is 0 Å². The molecule has 0 spiro atoms. The SMILES string of the molecule is O=NN(CCCl)C(=O)N[C@H]1c2cc(Cl)ccc2-c2c(Cl)cc(Cl)cc21. The van der Waals surface area contributed by atoms with E-state index in [2.05, 4.69) is 10.6 Å². The van der Waals surface area contributed by atoms with E-state index in [0.29, 0.717) is 15.1 Å². The van der Waals surface area contributed by atoms with Crippen LogP contribution in [0, 0.1) is 4.91 Å². The van der Waals surface area contributed by atoms with Gasteiger partial charge < -0.3 is 5.32 Å². The number of hydrogen-bond donors (Lipinski definition) is 1. The van der Waals surface area contributed by atoms with Crippen LogP contribution < -0.4 is 5.32 Å². The molecule has 1 aliphatic carbocycles. The minimum atomic E-state index is -0.671. The first-order chi connectivity index (χ1) is 12.0. The molecule has 0 bridgehead atoms. The molecule has 0 aromatic heterocycles. The molecule has 0 radical (unpaired) electrons. The summed E-state index contributed by atoms with van der Waals surface area (Å²) >= 11 is 24.2. The van der Waals surface area contributed by atoms with Gasteiger partial charge in [0, 0.05) is 21.5 Å². The second kappa shape index (κ2) is 7.38. The van der Waals surface area contributed by atoms with E-state index >= 15 is 0 Å². The summed E-state index contributed by atoms with van der Waals surface area (Å²) in [6.07, 6.45) is 0. The van der Waals surface area contributed by atoms with Crippen molar-refractivity contribution < 1.29 is 4.79 Å². The highest BCUT2D eigenvalue weighted by Crippen LogP contribution is 2.48. The molecule has 0 aliphatic heterocycles. The van der Waals surface area contributed by atoms with Gasteiger partial charge in [0.2, 0.25) is 0 Å². The van der Waals surface area contributed by atoms with E-state index in [9.17, 15) is 9.70 Å². The highest BCUT2D eigenvalue weighted by molar-refractivity contribution is 6.37. The van der Waals surface area contributed by atoms with Gasteiger partial charge in [-0.15, -0.1) is 16.5 Å². The fraction of sp³-hybridized carbons (Fsp3) is 0.188. The first kappa shape index (κ1) is 18.3. The van der Waals surface area contributed by atoms with Gasteiger partial charge in [-0.2, -0.15) is 5.01 Å². The fourth-order valence-electron chi connectivity index (χ4n) is 2.89. The Morgan fingerprint density at radius 1 is 1.12 bits per heavy atom.